The van der Waals surface area contributed by atoms with Gasteiger partial charge < -0.3 is 16.7 Å². The van der Waals surface area contributed by atoms with E-state index in [-0.39, 0.29) is 0 Å². The first-order valence-corrected chi connectivity index (χ1v) is 7.52. The van der Waals surface area contributed by atoms with Gasteiger partial charge in [-0.25, -0.2) is 0 Å². The van der Waals surface area contributed by atoms with Crippen LogP contribution in [0.3, 0.4) is 0 Å². The zero-order valence-electron chi connectivity index (χ0n) is 13.3. The second kappa shape index (κ2) is 7.22. The fourth-order valence-corrected chi connectivity index (χ4v) is 2.01. The lowest BCUT2D eigenvalue weighted by Crippen LogP contribution is -1.90. The third-order valence-corrected chi connectivity index (χ3v) is 3.34. The summed E-state index contributed by atoms with van der Waals surface area (Å²) in [5, 5.41) is 24.3. The van der Waals surface area contributed by atoms with Gasteiger partial charge in [0, 0.05) is 28.6 Å². The predicted molar refractivity (Wildman–Crippen MR) is 97.7 cm³/mol. The summed E-state index contributed by atoms with van der Waals surface area (Å²) in [4.78, 5) is 0.548. The molecule has 0 fully saturated rings. The Morgan fingerprint density at radius 2 is 1.00 bits per heavy atom. The highest BCUT2D eigenvalue weighted by molar-refractivity contribution is 5.49. The summed E-state index contributed by atoms with van der Waals surface area (Å²) < 4.78 is 0. The molecule has 0 bridgehead atoms. The maximum atomic E-state index is 12.1. The smallest absolute Gasteiger partial charge is 0.245 e. The van der Waals surface area contributed by atoms with Gasteiger partial charge >= 0.3 is 0 Å². The van der Waals surface area contributed by atoms with E-state index in [2.05, 4.69) is 15.3 Å². The van der Waals surface area contributed by atoms with Crippen LogP contribution in [0.15, 0.2) is 88.1 Å². The number of hydrogen-bond donors (Lipinski definition) is 2. The lowest BCUT2D eigenvalue weighted by Gasteiger charge is -2.00. The zero-order valence-corrected chi connectivity index (χ0v) is 13.3. The van der Waals surface area contributed by atoms with Gasteiger partial charge in [-0.3, -0.25) is 0 Å². The fraction of sp³-hybridized carbons (Fsp3) is 0. The van der Waals surface area contributed by atoms with Crippen LogP contribution in [0, 0.1) is 5.21 Å². The van der Waals surface area contributed by atoms with Crippen molar-refractivity contribution in [2.75, 3.05) is 11.5 Å². The Hall–Kier alpha value is -3.74. The molecule has 0 aliphatic rings. The number of nitrogen functional groups attached to an aromatic ring is 2. The molecule has 0 spiro atoms. The minimum absolute atomic E-state index is 0.392. The molecule has 0 saturated carbocycles. The number of azo groups is 2. The van der Waals surface area contributed by atoms with Gasteiger partial charge in [0.1, 0.15) is 5.69 Å². The maximum Gasteiger partial charge on any atom is 0.245 e. The molecule has 0 amide bonds. The van der Waals surface area contributed by atoms with Crippen molar-refractivity contribution in [3.63, 3.8) is 0 Å². The third kappa shape index (κ3) is 4.38. The summed E-state index contributed by atoms with van der Waals surface area (Å²) in [6, 6.07) is 20.4. The van der Waals surface area contributed by atoms with Crippen LogP contribution in [0.5, 0.6) is 0 Å². The number of nitrogens with two attached hydrogens (primary N) is 2. The normalized spacial score (nSPS) is 11.8. The molecule has 7 heteroatoms. The molecule has 25 heavy (non-hydrogen) atoms. The van der Waals surface area contributed by atoms with Gasteiger partial charge in [-0.15, -0.1) is 0 Å². The zero-order chi connectivity index (χ0) is 17.6. The lowest BCUT2D eigenvalue weighted by molar-refractivity contribution is -0.435. The molecule has 0 aliphatic heterocycles. The van der Waals surface area contributed by atoms with Crippen molar-refractivity contribution in [1.29, 1.82) is 0 Å². The summed E-state index contributed by atoms with van der Waals surface area (Å²) in [7, 11) is 0. The van der Waals surface area contributed by atoms with Crippen LogP contribution in [0.1, 0.15) is 0 Å². The number of hydrogen-bond acceptors (Lipinski definition) is 6. The van der Waals surface area contributed by atoms with Crippen molar-refractivity contribution in [2.24, 2.45) is 15.3 Å². The van der Waals surface area contributed by atoms with E-state index in [9.17, 15) is 5.21 Å². The van der Waals surface area contributed by atoms with E-state index >= 15 is 0 Å². The Kier molecular flexibility index (Phi) is 4.66. The first-order chi connectivity index (χ1) is 12.1. The van der Waals surface area contributed by atoms with Crippen molar-refractivity contribution >= 4 is 34.1 Å². The first kappa shape index (κ1) is 16.1. The molecule has 4 N–H and O–H groups in total. The Bertz CT molecular complexity index is 900. The SMILES string of the molecule is Nc1ccc(N=Nc2ccc([N+]([O-])=Nc3ccc(N)cc3)cc2)cc1. The van der Waals surface area contributed by atoms with Crippen molar-refractivity contribution in [3.8, 4) is 0 Å². The van der Waals surface area contributed by atoms with Gasteiger partial charge in [0.15, 0.2) is 0 Å². The fourth-order valence-electron chi connectivity index (χ4n) is 2.01. The summed E-state index contributed by atoms with van der Waals surface area (Å²) in [5.74, 6) is 0. The van der Waals surface area contributed by atoms with Gasteiger partial charge in [-0.05, 0) is 60.7 Å². The number of nitrogens with zero attached hydrogens (tertiary/aromatic N) is 4. The molecule has 3 aromatic carbocycles. The van der Waals surface area contributed by atoms with E-state index in [1.807, 2.05) is 0 Å². The molecular weight excluding hydrogens is 316 g/mol. The summed E-state index contributed by atoms with van der Waals surface area (Å²) in [6.07, 6.45) is 0. The summed E-state index contributed by atoms with van der Waals surface area (Å²) in [5.41, 5.74) is 14.8. The molecule has 0 radical (unpaired) electrons. The first-order valence-electron chi connectivity index (χ1n) is 7.52. The van der Waals surface area contributed by atoms with Crippen molar-refractivity contribution < 1.29 is 4.86 Å². The van der Waals surface area contributed by atoms with E-state index < -0.39 is 0 Å². The molecule has 0 unspecified atom stereocenters. The molecular formula is C18H16N6O. The summed E-state index contributed by atoms with van der Waals surface area (Å²) >= 11 is 0. The highest BCUT2D eigenvalue weighted by atomic mass is 16.5. The van der Waals surface area contributed by atoms with E-state index in [0.29, 0.717) is 39.0 Å². The second-order valence-electron chi connectivity index (χ2n) is 5.27. The average Bonchev–Trinajstić information content (AvgIpc) is 2.63. The van der Waals surface area contributed by atoms with Crippen LogP contribution in [0.25, 0.3) is 0 Å². The standard InChI is InChI=1S/C18H16N6O/c19-13-1-5-15(6-2-13)21-22-16-9-11-18(12-10-16)24(25)23-17-7-3-14(20)4-8-17/h1-12H,19-20H2. The molecule has 7 nitrogen and oxygen atoms in total. The number of benzene rings is 3. The van der Waals surface area contributed by atoms with Crippen LogP contribution in [-0.2, 0) is 0 Å². The second-order valence-corrected chi connectivity index (χ2v) is 5.27. The van der Waals surface area contributed by atoms with E-state index in [1.165, 1.54) is 0 Å². The third-order valence-electron chi connectivity index (χ3n) is 3.34. The van der Waals surface area contributed by atoms with Crippen molar-refractivity contribution in [2.45, 2.75) is 0 Å². The Morgan fingerprint density at radius 1 is 0.600 bits per heavy atom. The highest BCUT2D eigenvalue weighted by Gasteiger charge is 2.04. The van der Waals surface area contributed by atoms with Crippen LogP contribution < -0.4 is 11.5 Å². The molecule has 0 aliphatic carbocycles. The molecule has 0 aromatic heterocycles. The van der Waals surface area contributed by atoms with Gasteiger partial charge in [-0.2, -0.15) is 10.2 Å². The minimum atomic E-state index is 0.392. The van der Waals surface area contributed by atoms with Crippen LogP contribution >= 0.6 is 0 Å². The molecule has 0 atom stereocenters. The van der Waals surface area contributed by atoms with Gasteiger partial charge in [0.2, 0.25) is 5.69 Å². The Labute approximate surface area is 144 Å². The minimum Gasteiger partial charge on any atom is -0.594 e. The lowest BCUT2D eigenvalue weighted by atomic mass is 10.3. The summed E-state index contributed by atoms with van der Waals surface area (Å²) in [6.45, 7) is 0. The molecule has 124 valence electrons. The van der Waals surface area contributed by atoms with Crippen LogP contribution in [0.2, 0.25) is 0 Å². The van der Waals surface area contributed by atoms with Crippen LogP contribution in [-0.4, -0.2) is 4.86 Å². The Balaban J connectivity index is 1.73. The highest BCUT2D eigenvalue weighted by Crippen LogP contribution is 2.23. The maximum absolute atomic E-state index is 12.1. The average molecular weight is 332 g/mol. The Morgan fingerprint density at radius 3 is 1.48 bits per heavy atom. The quantitative estimate of drug-likeness (QED) is 0.296. The largest absolute Gasteiger partial charge is 0.594 e. The molecule has 3 rings (SSSR count). The van der Waals surface area contributed by atoms with Crippen molar-refractivity contribution in [1.82, 2.24) is 0 Å². The van der Waals surface area contributed by atoms with Gasteiger partial charge in [-0.1, -0.05) is 4.86 Å². The number of anilines is 2. The monoisotopic (exact) mass is 332 g/mol. The van der Waals surface area contributed by atoms with Gasteiger partial charge in [0.25, 0.3) is 0 Å². The molecule has 0 saturated heterocycles. The topological polar surface area (TPSA) is 115 Å². The predicted octanol–water partition coefficient (Wildman–Crippen LogP) is 5.19. The van der Waals surface area contributed by atoms with Crippen LogP contribution in [0.4, 0.5) is 34.1 Å². The van der Waals surface area contributed by atoms with Crippen molar-refractivity contribution in [3.05, 3.63) is 78.0 Å². The number of rotatable bonds is 4. The molecule has 3 aromatic rings. The van der Waals surface area contributed by atoms with Gasteiger partial charge in [0.05, 0.1) is 11.4 Å². The molecule has 0 heterocycles. The van der Waals surface area contributed by atoms with E-state index in [1.54, 1.807) is 72.8 Å². The van der Waals surface area contributed by atoms with E-state index in [4.69, 9.17) is 11.5 Å². The van der Waals surface area contributed by atoms with E-state index in [0.717, 1.165) is 0 Å².